The van der Waals surface area contributed by atoms with Crippen LogP contribution < -0.4 is 11.1 Å². The van der Waals surface area contributed by atoms with Crippen LogP contribution in [-0.4, -0.2) is 19.2 Å². The molecule has 1 fully saturated rings. The van der Waals surface area contributed by atoms with Gasteiger partial charge in [-0.05, 0) is 127 Å². The third kappa shape index (κ3) is 25.3. The standard InChI is InChI=1S/C29H42N2O3.C7H14.C6H7N.C5H10.C4H8.2C2H6/c1-11-14-26(33-10)27(21(4)32-9)31-20(3)25(30)16-13-12-15-22-18-24-23(17-19(22)2)28(5,6)34-29(24,7)8;1-5-7(4)6(2)3;1-6-4-2-3-5-7-6;1-3-5-4-2;1-2-4-3-1;2*1-2/h12-13,16-18,31H,3-4,11,14-15,30H2,1-2,5-10H3;7H,2,5H2,1,3-4H3;2-5H,1H3;3,5H,4H2,1-2H3;1-4H2;2*1-2H3/b13-12+,25-16-,27-26-;;;5-3-;;;. The molecule has 6 heteroatoms. The van der Waals surface area contributed by atoms with Crippen molar-refractivity contribution in [1.29, 1.82) is 0 Å². The second-order valence-corrected chi connectivity index (χ2v) is 15.7. The number of methoxy groups -OCH3 is 2. The Morgan fingerprint density at radius 2 is 1.46 bits per heavy atom. The van der Waals surface area contributed by atoms with Gasteiger partial charge in [0.25, 0.3) is 0 Å². The lowest BCUT2D eigenvalue weighted by molar-refractivity contribution is -0.105. The summed E-state index contributed by atoms with van der Waals surface area (Å²) in [6.07, 6.45) is 22.7. The molecule has 1 aromatic heterocycles. The van der Waals surface area contributed by atoms with Crippen molar-refractivity contribution in [3.8, 4) is 0 Å². The van der Waals surface area contributed by atoms with Crippen LogP contribution in [0.25, 0.3) is 0 Å². The van der Waals surface area contributed by atoms with Gasteiger partial charge in [-0.2, -0.15) is 0 Å². The first kappa shape index (κ1) is 61.0. The van der Waals surface area contributed by atoms with Crippen LogP contribution in [0.5, 0.6) is 0 Å². The van der Waals surface area contributed by atoms with E-state index in [1.165, 1.54) is 59.9 Å². The summed E-state index contributed by atoms with van der Waals surface area (Å²) >= 11 is 0. The number of aryl methyl sites for hydroxylation is 2. The Bertz CT molecular complexity index is 1620. The van der Waals surface area contributed by atoms with Gasteiger partial charge in [0.1, 0.15) is 17.2 Å². The highest BCUT2D eigenvalue weighted by Gasteiger charge is 2.43. The molecule has 3 N–H and O–H groups in total. The summed E-state index contributed by atoms with van der Waals surface area (Å²) in [6.45, 7) is 45.2. The highest BCUT2D eigenvalue weighted by Crippen LogP contribution is 2.47. The van der Waals surface area contributed by atoms with Gasteiger partial charge >= 0.3 is 0 Å². The zero-order chi connectivity index (χ0) is 47.6. The molecule has 1 atom stereocenters. The van der Waals surface area contributed by atoms with Crippen molar-refractivity contribution in [2.45, 2.75) is 180 Å². The fraction of sp³-hybridized carbons (Fsp3) is 0.545. The molecular weight excluding hydrogens is 751 g/mol. The predicted molar refractivity (Wildman–Crippen MR) is 270 cm³/mol. The van der Waals surface area contributed by atoms with E-state index < -0.39 is 0 Å². The Balaban J connectivity index is -0.000000993. The molecule has 1 unspecified atom stereocenters. The van der Waals surface area contributed by atoms with E-state index in [0.29, 0.717) is 28.8 Å². The van der Waals surface area contributed by atoms with Gasteiger partial charge in [0.15, 0.2) is 0 Å². The van der Waals surface area contributed by atoms with Crippen LogP contribution in [0, 0.1) is 19.8 Å². The molecule has 0 spiro atoms. The minimum absolute atomic E-state index is 0.274. The lowest BCUT2D eigenvalue weighted by Gasteiger charge is -2.24. The molecule has 2 heterocycles. The molecule has 0 saturated heterocycles. The van der Waals surface area contributed by atoms with E-state index in [2.05, 4.69) is 130 Å². The lowest BCUT2D eigenvalue weighted by Crippen LogP contribution is -2.22. The molecular formula is C55H93N3O3. The molecule has 1 aromatic carbocycles. The summed E-state index contributed by atoms with van der Waals surface area (Å²) in [6, 6.07) is 10.4. The van der Waals surface area contributed by atoms with Crippen LogP contribution in [0.15, 0.2) is 121 Å². The normalized spacial score (nSPS) is 14.8. The van der Waals surface area contributed by atoms with E-state index in [1.54, 1.807) is 20.4 Å². The minimum atomic E-state index is -0.297. The van der Waals surface area contributed by atoms with Gasteiger partial charge in [0.2, 0.25) is 0 Å². The number of benzene rings is 1. The molecule has 6 nitrogen and oxygen atoms in total. The van der Waals surface area contributed by atoms with Crippen LogP contribution in [0.4, 0.5) is 0 Å². The third-order valence-corrected chi connectivity index (χ3v) is 9.92. The third-order valence-electron chi connectivity index (χ3n) is 9.92. The van der Waals surface area contributed by atoms with Crippen LogP contribution in [0.2, 0.25) is 0 Å². The number of rotatable bonds is 14. The molecule has 1 saturated carbocycles. The first-order valence-electron chi connectivity index (χ1n) is 22.9. The summed E-state index contributed by atoms with van der Waals surface area (Å²) in [4.78, 5) is 3.98. The first-order valence-corrected chi connectivity index (χ1v) is 22.9. The van der Waals surface area contributed by atoms with Crippen molar-refractivity contribution in [3.05, 3.63) is 149 Å². The molecule has 346 valence electrons. The van der Waals surface area contributed by atoms with E-state index in [0.717, 1.165) is 37.1 Å². The van der Waals surface area contributed by atoms with Crippen molar-refractivity contribution in [1.82, 2.24) is 10.3 Å². The number of allylic oxidation sites excluding steroid dienone is 7. The smallest absolute Gasteiger partial charge is 0.138 e. The Kier molecular flexibility index (Phi) is 35.3. The van der Waals surface area contributed by atoms with Gasteiger partial charge < -0.3 is 25.3 Å². The molecule has 0 bridgehead atoms. The topological polar surface area (TPSA) is 78.6 Å². The summed E-state index contributed by atoms with van der Waals surface area (Å²) in [5.74, 6) is 1.93. The van der Waals surface area contributed by atoms with Gasteiger partial charge in [-0.1, -0.05) is 149 Å². The Hall–Kier alpha value is -4.29. The van der Waals surface area contributed by atoms with Gasteiger partial charge in [0, 0.05) is 18.3 Å². The Labute approximate surface area is 377 Å². The highest BCUT2D eigenvalue weighted by atomic mass is 16.5. The fourth-order valence-corrected chi connectivity index (χ4v) is 5.64. The van der Waals surface area contributed by atoms with E-state index in [1.807, 2.05) is 71.9 Å². The number of hydrogen-bond acceptors (Lipinski definition) is 6. The van der Waals surface area contributed by atoms with Crippen LogP contribution in [0.3, 0.4) is 0 Å². The summed E-state index contributed by atoms with van der Waals surface area (Å²) in [7, 11) is 3.21. The van der Waals surface area contributed by atoms with Gasteiger partial charge in [-0.25, -0.2) is 0 Å². The summed E-state index contributed by atoms with van der Waals surface area (Å²) < 4.78 is 17.2. The highest BCUT2D eigenvalue weighted by molar-refractivity contribution is 5.47. The number of ether oxygens (including phenoxy) is 3. The van der Waals surface area contributed by atoms with Gasteiger partial charge in [-0.15, -0.1) is 0 Å². The van der Waals surface area contributed by atoms with Gasteiger partial charge in [0.05, 0.1) is 36.8 Å². The Morgan fingerprint density at radius 3 is 1.80 bits per heavy atom. The van der Waals surface area contributed by atoms with E-state index in [9.17, 15) is 0 Å². The number of aromatic nitrogens is 1. The SMILES string of the molecule is C/C=C\CC.C1CCC1.C=C(C)C(C)CC.C=C(N/C(C(=C)OC)=C(/CCC)OC)/C(N)=C/C=C/Cc1cc2c(cc1C)C(C)(C)OC2(C)C.CC.CC.Cc1ccccn1. The van der Waals surface area contributed by atoms with E-state index in [4.69, 9.17) is 19.9 Å². The lowest BCUT2D eigenvalue weighted by atomic mass is 9.86. The number of nitrogens with one attached hydrogen (secondary N) is 1. The second kappa shape index (κ2) is 35.3. The van der Waals surface area contributed by atoms with E-state index >= 15 is 0 Å². The molecule has 0 amide bonds. The fourth-order valence-electron chi connectivity index (χ4n) is 5.64. The molecule has 1 aliphatic heterocycles. The number of nitrogens with zero attached hydrogens (tertiary/aromatic N) is 1. The maximum atomic E-state index is 6.31. The molecule has 2 aliphatic rings. The number of nitrogens with two attached hydrogens (primary N) is 1. The molecule has 61 heavy (non-hydrogen) atoms. The van der Waals surface area contributed by atoms with Crippen molar-refractivity contribution in [2.75, 3.05) is 14.2 Å². The van der Waals surface area contributed by atoms with Crippen molar-refractivity contribution in [3.63, 3.8) is 0 Å². The maximum absolute atomic E-state index is 6.31. The number of fused-ring (bicyclic) bond motifs is 1. The Morgan fingerprint density at radius 1 is 0.902 bits per heavy atom. The van der Waals surface area contributed by atoms with Crippen LogP contribution >= 0.6 is 0 Å². The zero-order valence-electron chi connectivity index (χ0n) is 42.7. The number of hydrogen-bond donors (Lipinski definition) is 2. The summed E-state index contributed by atoms with van der Waals surface area (Å²) in [5, 5.41) is 3.21. The molecule has 0 radical (unpaired) electrons. The maximum Gasteiger partial charge on any atom is 0.138 e. The van der Waals surface area contributed by atoms with Gasteiger partial charge in [-0.3, -0.25) is 4.98 Å². The van der Waals surface area contributed by atoms with Crippen LogP contribution in [-0.2, 0) is 31.8 Å². The zero-order valence-corrected chi connectivity index (χ0v) is 42.7. The average molecular weight is 844 g/mol. The first-order chi connectivity index (χ1) is 28.9. The van der Waals surface area contributed by atoms with Crippen molar-refractivity contribution in [2.24, 2.45) is 11.7 Å². The van der Waals surface area contributed by atoms with Crippen molar-refractivity contribution < 1.29 is 14.2 Å². The second-order valence-electron chi connectivity index (χ2n) is 15.7. The van der Waals surface area contributed by atoms with E-state index in [-0.39, 0.29) is 11.2 Å². The largest absolute Gasteiger partial charge is 0.499 e. The van der Waals surface area contributed by atoms with Crippen LogP contribution in [0.1, 0.15) is 176 Å². The van der Waals surface area contributed by atoms with Crippen molar-refractivity contribution >= 4 is 0 Å². The monoisotopic (exact) mass is 844 g/mol. The minimum Gasteiger partial charge on any atom is -0.499 e. The molecule has 4 rings (SSSR count). The predicted octanol–water partition coefficient (Wildman–Crippen LogP) is 15.9. The molecule has 2 aromatic rings. The average Bonchev–Trinajstić information content (AvgIpc) is 3.40. The quantitative estimate of drug-likeness (QED) is 0.112. The number of pyridine rings is 1. The molecule has 1 aliphatic carbocycles. The summed E-state index contributed by atoms with van der Waals surface area (Å²) in [5.41, 5.74) is 14.9.